The molecule has 0 aliphatic carbocycles. The molecule has 0 saturated heterocycles. The molecule has 1 N–H and O–H groups in total. The molecule has 2 aromatic carbocycles. The Hall–Kier alpha value is -2.99. The van der Waals surface area contributed by atoms with E-state index in [0.717, 1.165) is 39.6 Å². The Bertz CT molecular complexity index is 1090. The third-order valence-corrected chi connectivity index (χ3v) is 6.73. The minimum atomic E-state index is -0.549. The summed E-state index contributed by atoms with van der Waals surface area (Å²) in [5.74, 6) is 0.0715. The van der Waals surface area contributed by atoms with E-state index in [1.54, 1.807) is 16.2 Å². The Labute approximate surface area is 187 Å². The molecule has 1 aliphatic heterocycles. The predicted octanol–water partition coefficient (Wildman–Crippen LogP) is 5.10. The molecule has 0 fully saturated rings. The second-order valence-electron chi connectivity index (χ2n) is 8.31. The van der Waals surface area contributed by atoms with Crippen LogP contribution >= 0.6 is 11.3 Å². The van der Waals surface area contributed by atoms with Crippen molar-refractivity contribution >= 4 is 34.5 Å². The zero-order valence-corrected chi connectivity index (χ0v) is 18.9. The average Bonchev–Trinajstić information content (AvgIpc) is 3.23. The number of amides is 2. The molecule has 5 nitrogen and oxygen atoms in total. The molecule has 0 saturated carbocycles. The van der Waals surface area contributed by atoms with Crippen LogP contribution in [0.15, 0.2) is 53.9 Å². The van der Waals surface area contributed by atoms with Gasteiger partial charge in [-0.3, -0.25) is 14.5 Å². The Morgan fingerprint density at radius 2 is 1.90 bits per heavy atom. The van der Waals surface area contributed by atoms with Crippen LogP contribution in [0.1, 0.15) is 48.0 Å². The zero-order chi connectivity index (χ0) is 22.0. The predicted molar refractivity (Wildman–Crippen MR) is 126 cm³/mol. The van der Waals surface area contributed by atoms with Gasteiger partial charge >= 0.3 is 0 Å². The van der Waals surface area contributed by atoms with Gasteiger partial charge < -0.3 is 5.32 Å². The van der Waals surface area contributed by atoms with Crippen LogP contribution in [0.25, 0.3) is 0 Å². The topological polar surface area (TPSA) is 62.3 Å². The number of rotatable bonds is 5. The molecular weight excluding hydrogens is 406 g/mol. The maximum absolute atomic E-state index is 13.4. The highest BCUT2D eigenvalue weighted by molar-refractivity contribution is 7.09. The number of fused-ring (bicyclic) bond motifs is 1. The van der Waals surface area contributed by atoms with Gasteiger partial charge in [0.2, 0.25) is 11.8 Å². The summed E-state index contributed by atoms with van der Waals surface area (Å²) in [5.41, 5.74) is 4.55. The lowest BCUT2D eigenvalue weighted by Gasteiger charge is -2.36. The average molecular weight is 434 g/mol. The summed E-state index contributed by atoms with van der Waals surface area (Å²) in [4.78, 5) is 32.9. The molecule has 0 spiro atoms. The smallest absolute Gasteiger partial charge is 0.247 e. The summed E-state index contributed by atoms with van der Waals surface area (Å²) in [6, 6.07) is 15.0. The second-order valence-corrected chi connectivity index (χ2v) is 9.20. The zero-order valence-electron chi connectivity index (χ0n) is 18.1. The molecule has 3 aromatic rings. The van der Waals surface area contributed by atoms with E-state index in [1.807, 2.05) is 60.8 Å². The minimum Gasteiger partial charge on any atom is -0.324 e. The van der Waals surface area contributed by atoms with Crippen LogP contribution in [0.4, 0.5) is 11.4 Å². The van der Waals surface area contributed by atoms with Gasteiger partial charge in [0, 0.05) is 22.7 Å². The van der Waals surface area contributed by atoms with E-state index in [-0.39, 0.29) is 18.2 Å². The van der Waals surface area contributed by atoms with Crippen molar-refractivity contribution in [2.24, 2.45) is 0 Å². The van der Waals surface area contributed by atoms with Crippen molar-refractivity contribution in [1.82, 2.24) is 4.98 Å². The Morgan fingerprint density at radius 1 is 1.16 bits per heavy atom. The van der Waals surface area contributed by atoms with Gasteiger partial charge in [0.25, 0.3) is 0 Å². The molecule has 0 bridgehead atoms. The molecule has 160 valence electrons. The molecule has 0 radical (unpaired) electrons. The van der Waals surface area contributed by atoms with Crippen LogP contribution in [-0.2, 0) is 22.4 Å². The van der Waals surface area contributed by atoms with E-state index in [2.05, 4.69) is 24.1 Å². The van der Waals surface area contributed by atoms with Crippen molar-refractivity contribution in [3.63, 3.8) is 0 Å². The number of para-hydroxylation sites is 1. The Kier molecular flexibility index (Phi) is 6.18. The highest BCUT2D eigenvalue weighted by Crippen LogP contribution is 2.32. The van der Waals surface area contributed by atoms with E-state index >= 15 is 0 Å². The van der Waals surface area contributed by atoms with Crippen LogP contribution < -0.4 is 10.2 Å². The summed E-state index contributed by atoms with van der Waals surface area (Å²) in [5, 5.41) is 5.96. The van der Waals surface area contributed by atoms with E-state index in [1.165, 1.54) is 0 Å². The molecular formula is C25H27N3O2S. The summed E-state index contributed by atoms with van der Waals surface area (Å²) in [6.07, 6.45) is 1.54. The number of carbonyl (C=O) groups is 2. The first kappa shape index (κ1) is 21.2. The monoisotopic (exact) mass is 433 g/mol. The first-order chi connectivity index (χ1) is 14.9. The van der Waals surface area contributed by atoms with Crippen LogP contribution in [0, 0.1) is 6.92 Å². The van der Waals surface area contributed by atoms with Gasteiger partial charge in [-0.25, -0.2) is 4.98 Å². The molecule has 2 amide bonds. The molecule has 2 heterocycles. The standard InChI is InChI=1S/C25H27N3O2S/c1-16(2)25-27-20(15-31-25)14-23(29)28-21-7-5-4-6-18(21)10-13-22(28)24(30)26-19-11-8-17(3)9-12-19/h4-9,11-12,15-16,22H,10,13-14H2,1-3H3,(H,26,30). The molecule has 1 atom stereocenters. The Morgan fingerprint density at radius 3 is 2.61 bits per heavy atom. The molecule has 1 aromatic heterocycles. The number of carbonyl (C=O) groups excluding carboxylic acids is 2. The number of aryl methyl sites for hydroxylation is 2. The van der Waals surface area contributed by atoms with Gasteiger partial charge in [-0.05, 0) is 43.5 Å². The van der Waals surface area contributed by atoms with Gasteiger partial charge in [0.15, 0.2) is 0 Å². The quantitative estimate of drug-likeness (QED) is 0.609. The molecule has 1 aliphatic rings. The number of anilines is 2. The number of hydrogen-bond donors (Lipinski definition) is 1. The molecule has 31 heavy (non-hydrogen) atoms. The van der Waals surface area contributed by atoms with Gasteiger partial charge in [0.05, 0.1) is 17.1 Å². The lowest BCUT2D eigenvalue weighted by atomic mass is 9.94. The number of hydrogen-bond acceptors (Lipinski definition) is 4. The summed E-state index contributed by atoms with van der Waals surface area (Å²) in [6.45, 7) is 6.20. The third kappa shape index (κ3) is 4.69. The summed E-state index contributed by atoms with van der Waals surface area (Å²) in [7, 11) is 0. The van der Waals surface area contributed by atoms with Gasteiger partial charge in [-0.1, -0.05) is 49.7 Å². The van der Waals surface area contributed by atoms with E-state index in [9.17, 15) is 9.59 Å². The first-order valence-electron chi connectivity index (χ1n) is 10.6. The van der Waals surface area contributed by atoms with Gasteiger partial charge in [-0.15, -0.1) is 11.3 Å². The Balaban J connectivity index is 1.60. The van der Waals surface area contributed by atoms with E-state index < -0.39 is 6.04 Å². The van der Waals surface area contributed by atoms with Crippen molar-refractivity contribution in [3.05, 3.63) is 75.7 Å². The van der Waals surface area contributed by atoms with Crippen molar-refractivity contribution in [2.75, 3.05) is 10.2 Å². The SMILES string of the molecule is Cc1ccc(NC(=O)C2CCc3ccccc3N2C(=O)Cc2csc(C(C)C)n2)cc1. The lowest BCUT2D eigenvalue weighted by Crippen LogP contribution is -2.50. The third-order valence-electron chi connectivity index (χ3n) is 5.54. The fraction of sp³-hybridized carbons (Fsp3) is 0.320. The summed E-state index contributed by atoms with van der Waals surface area (Å²) < 4.78 is 0. The number of benzene rings is 2. The van der Waals surface area contributed by atoms with Crippen LogP contribution in [0.2, 0.25) is 0 Å². The van der Waals surface area contributed by atoms with Gasteiger partial charge in [-0.2, -0.15) is 0 Å². The molecule has 6 heteroatoms. The second kappa shape index (κ2) is 9.02. The molecule has 1 unspecified atom stereocenters. The number of thiazole rings is 1. The minimum absolute atomic E-state index is 0.100. The fourth-order valence-electron chi connectivity index (χ4n) is 3.87. The number of aromatic nitrogens is 1. The van der Waals surface area contributed by atoms with Crippen LogP contribution in [0.3, 0.4) is 0 Å². The van der Waals surface area contributed by atoms with E-state index in [0.29, 0.717) is 12.3 Å². The molecule has 4 rings (SSSR count). The summed E-state index contributed by atoms with van der Waals surface area (Å²) >= 11 is 1.58. The first-order valence-corrected chi connectivity index (χ1v) is 11.5. The van der Waals surface area contributed by atoms with Crippen LogP contribution in [-0.4, -0.2) is 22.8 Å². The van der Waals surface area contributed by atoms with Crippen molar-refractivity contribution in [3.8, 4) is 0 Å². The van der Waals surface area contributed by atoms with Crippen LogP contribution in [0.5, 0.6) is 0 Å². The maximum Gasteiger partial charge on any atom is 0.247 e. The largest absolute Gasteiger partial charge is 0.324 e. The number of nitrogens with zero attached hydrogens (tertiary/aromatic N) is 2. The van der Waals surface area contributed by atoms with E-state index in [4.69, 9.17) is 0 Å². The highest BCUT2D eigenvalue weighted by Gasteiger charge is 2.35. The van der Waals surface area contributed by atoms with Crippen molar-refractivity contribution in [2.45, 2.75) is 52.0 Å². The highest BCUT2D eigenvalue weighted by atomic mass is 32.1. The fourth-order valence-corrected chi connectivity index (χ4v) is 4.71. The normalized spacial score (nSPS) is 15.6. The lowest BCUT2D eigenvalue weighted by molar-refractivity contribution is -0.123. The van der Waals surface area contributed by atoms with Crippen molar-refractivity contribution in [1.29, 1.82) is 0 Å². The van der Waals surface area contributed by atoms with Crippen molar-refractivity contribution < 1.29 is 9.59 Å². The van der Waals surface area contributed by atoms with Gasteiger partial charge in [0.1, 0.15) is 6.04 Å². The number of nitrogens with one attached hydrogen (secondary N) is 1. The maximum atomic E-state index is 13.4.